The van der Waals surface area contributed by atoms with Crippen LogP contribution in [0.4, 0.5) is 0 Å². The highest BCUT2D eigenvalue weighted by atomic mass is 16.5. The summed E-state index contributed by atoms with van der Waals surface area (Å²) in [5.74, 6) is -0.502. The van der Waals surface area contributed by atoms with Crippen molar-refractivity contribution >= 4 is 11.9 Å². The van der Waals surface area contributed by atoms with Crippen LogP contribution in [0.5, 0.6) is 5.75 Å². The second kappa shape index (κ2) is 12.7. The highest BCUT2D eigenvalue weighted by molar-refractivity contribution is 5.94. The van der Waals surface area contributed by atoms with Crippen molar-refractivity contribution in [2.45, 2.75) is 51.7 Å². The summed E-state index contributed by atoms with van der Waals surface area (Å²) >= 11 is 0. The summed E-state index contributed by atoms with van der Waals surface area (Å²) in [6.45, 7) is 15.0. The van der Waals surface area contributed by atoms with Crippen LogP contribution in [0.2, 0.25) is 0 Å². The quantitative estimate of drug-likeness (QED) is 0.461. The average Bonchev–Trinajstić information content (AvgIpc) is 2.88. The van der Waals surface area contributed by atoms with Crippen LogP contribution in [0.25, 0.3) is 0 Å². The fourth-order valence-corrected chi connectivity index (χ4v) is 5.16. The summed E-state index contributed by atoms with van der Waals surface area (Å²) in [6, 6.07) is 16.2. The fraction of sp³-hybridized carbons (Fsp3) is 0.448. The fourth-order valence-electron chi connectivity index (χ4n) is 5.16. The number of nitrogens with zero attached hydrogens (tertiary/aromatic N) is 2. The standard InChI is InChI=1S/C29H39N3O4/c1-6-16-32-20(4)18-30-21(5)28(32)27(24-10-9-11-25(17-24)36-19-26(33)34)22-12-14-23(15-13-22)29(35)31(7-2)8-3/h6,9-15,17,20-21,27-28,30H,1,7-8,16,18-19H2,2-5H3,(H,33,34)/t20-,21+,27-,28?/m1/s1. The van der Waals surface area contributed by atoms with Crippen LogP contribution in [0, 0.1) is 0 Å². The number of carboxylic acids is 1. The van der Waals surface area contributed by atoms with E-state index in [9.17, 15) is 9.59 Å². The normalized spacial score (nSPS) is 20.9. The summed E-state index contributed by atoms with van der Waals surface area (Å²) in [5.41, 5.74) is 2.79. The lowest BCUT2D eigenvalue weighted by molar-refractivity contribution is -0.139. The predicted octanol–water partition coefficient (Wildman–Crippen LogP) is 4.00. The number of nitrogens with one attached hydrogen (secondary N) is 1. The zero-order valence-electron chi connectivity index (χ0n) is 21.8. The first kappa shape index (κ1) is 27.4. The highest BCUT2D eigenvalue weighted by Gasteiger charge is 2.39. The van der Waals surface area contributed by atoms with Gasteiger partial charge in [0, 0.05) is 55.8 Å². The summed E-state index contributed by atoms with van der Waals surface area (Å²) in [5, 5.41) is 12.7. The molecule has 1 saturated heterocycles. The van der Waals surface area contributed by atoms with Gasteiger partial charge in [0.25, 0.3) is 5.91 Å². The molecule has 4 atom stereocenters. The van der Waals surface area contributed by atoms with Crippen molar-refractivity contribution < 1.29 is 19.4 Å². The molecule has 1 fully saturated rings. The Labute approximate surface area is 214 Å². The number of aliphatic carboxylic acids is 1. The molecule has 0 bridgehead atoms. The van der Waals surface area contributed by atoms with Crippen LogP contribution < -0.4 is 10.1 Å². The van der Waals surface area contributed by atoms with Crippen LogP contribution in [0.3, 0.4) is 0 Å². The number of hydrogen-bond acceptors (Lipinski definition) is 5. The number of piperazine rings is 1. The lowest BCUT2D eigenvalue weighted by atomic mass is 9.79. The zero-order chi connectivity index (χ0) is 26.2. The zero-order valence-corrected chi connectivity index (χ0v) is 21.8. The van der Waals surface area contributed by atoms with Crippen molar-refractivity contribution in [1.82, 2.24) is 15.1 Å². The van der Waals surface area contributed by atoms with E-state index >= 15 is 0 Å². The first-order valence-corrected chi connectivity index (χ1v) is 12.7. The highest BCUT2D eigenvalue weighted by Crippen LogP contribution is 2.36. The van der Waals surface area contributed by atoms with Gasteiger partial charge in [0.15, 0.2) is 6.61 Å². The molecule has 0 spiro atoms. The van der Waals surface area contributed by atoms with Gasteiger partial charge >= 0.3 is 5.97 Å². The smallest absolute Gasteiger partial charge is 0.341 e. The molecule has 0 saturated carbocycles. The summed E-state index contributed by atoms with van der Waals surface area (Å²) in [7, 11) is 0. The number of rotatable bonds is 11. The second-order valence-electron chi connectivity index (χ2n) is 9.35. The topological polar surface area (TPSA) is 82.1 Å². The van der Waals surface area contributed by atoms with Crippen molar-refractivity contribution in [2.75, 3.05) is 32.8 Å². The molecule has 0 aliphatic carbocycles. The number of carbonyl (C=O) groups is 2. The monoisotopic (exact) mass is 493 g/mol. The van der Waals surface area contributed by atoms with Gasteiger partial charge in [-0.1, -0.05) is 30.3 Å². The van der Waals surface area contributed by atoms with Crippen LogP contribution in [-0.2, 0) is 4.79 Å². The number of hydrogen-bond donors (Lipinski definition) is 2. The number of amides is 1. The van der Waals surface area contributed by atoms with Gasteiger partial charge in [-0.15, -0.1) is 6.58 Å². The third-order valence-electron chi connectivity index (χ3n) is 7.02. The molecule has 1 aliphatic rings. The van der Waals surface area contributed by atoms with E-state index in [2.05, 4.69) is 36.7 Å². The molecular formula is C29H39N3O4. The minimum Gasteiger partial charge on any atom is -0.482 e. The van der Waals surface area contributed by atoms with E-state index in [0.29, 0.717) is 30.4 Å². The molecule has 7 heteroatoms. The minimum atomic E-state index is -1.01. The molecule has 1 aliphatic heterocycles. The molecule has 2 aromatic rings. The average molecular weight is 494 g/mol. The first-order chi connectivity index (χ1) is 17.3. The van der Waals surface area contributed by atoms with Crippen molar-refractivity contribution in [1.29, 1.82) is 0 Å². The van der Waals surface area contributed by atoms with Crippen molar-refractivity contribution in [3.63, 3.8) is 0 Å². The van der Waals surface area contributed by atoms with Gasteiger partial charge in [-0.3, -0.25) is 9.69 Å². The van der Waals surface area contributed by atoms with E-state index in [1.165, 1.54) is 0 Å². The van der Waals surface area contributed by atoms with E-state index < -0.39 is 12.6 Å². The molecule has 2 aromatic carbocycles. The largest absolute Gasteiger partial charge is 0.482 e. The van der Waals surface area contributed by atoms with Gasteiger partial charge in [-0.25, -0.2) is 4.79 Å². The Hall–Kier alpha value is -3.16. The van der Waals surface area contributed by atoms with Crippen LogP contribution in [-0.4, -0.2) is 77.7 Å². The van der Waals surface area contributed by atoms with Gasteiger partial charge in [0.1, 0.15) is 5.75 Å². The van der Waals surface area contributed by atoms with Crippen molar-refractivity contribution in [3.8, 4) is 5.75 Å². The maximum Gasteiger partial charge on any atom is 0.341 e. The molecule has 36 heavy (non-hydrogen) atoms. The van der Waals surface area contributed by atoms with Crippen LogP contribution in [0.1, 0.15) is 55.1 Å². The van der Waals surface area contributed by atoms with E-state index in [1.807, 2.05) is 61.2 Å². The number of ether oxygens (including phenoxy) is 1. The van der Waals surface area contributed by atoms with Gasteiger partial charge < -0.3 is 20.1 Å². The van der Waals surface area contributed by atoms with E-state index in [-0.39, 0.29) is 23.9 Å². The van der Waals surface area contributed by atoms with Crippen LogP contribution >= 0.6 is 0 Å². The maximum absolute atomic E-state index is 12.9. The second-order valence-corrected chi connectivity index (χ2v) is 9.35. The summed E-state index contributed by atoms with van der Waals surface area (Å²) in [4.78, 5) is 28.2. The van der Waals surface area contributed by atoms with Gasteiger partial charge in [0.2, 0.25) is 0 Å². The van der Waals surface area contributed by atoms with Crippen LogP contribution in [0.15, 0.2) is 61.2 Å². The van der Waals surface area contributed by atoms with E-state index in [1.54, 1.807) is 6.07 Å². The Kier molecular flexibility index (Phi) is 9.67. The van der Waals surface area contributed by atoms with Crippen molar-refractivity contribution in [3.05, 3.63) is 77.9 Å². The molecule has 3 rings (SSSR count). The lowest BCUT2D eigenvalue weighted by Gasteiger charge is -2.48. The minimum absolute atomic E-state index is 0.0294. The van der Waals surface area contributed by atoms with E-state index in [4.69, 9.17) is 9.84 Å². The molecule has 1 unspecified atom stereocenters. The Morgan fingerprint density at radius 2 is 1.86 bits per heavy atom. The molecule has 0 aromatic heterocycles. The lowest BCUT2D eigenvalue weighted by Crippen LogP contribution is -2.62. The molecule has 0 radical (unpaired) electrons. The summed E-state index contributed by atoms with van der Waals surface area (Å²) in [6.07, 6.45) is 1.94. The number of benzene rings is 2. The van der Waals surface area contributed by atoms with E-state index in [0.717, 1.165) is 24.2 Å². The SMILES string of the molecule is C=CCN1C([C@H](c2ccc(C(=O)N(CC)CC)cc2)c2cccc(OCC(=O)O)c2)[C@H](C)NC[C@H]1C. The van der Waals surface area contributed by atoms with Crippen molar-refractivity contribution in [2.24, 2.45) is 0 Å². The Morgan fingerprint density at radius 3 is 2.47 bits per heavy atom. The first-order valence-electron chi connectivity index (χ1n) is 12.7. The molecule has 1 amide bonds. The van der Waals surface area contributed by atoms with Gasteiger partial charge in [-0.05, 0) is 63.1 Å². The Morgan fingerprint density at radius 1 is 1.17 bits per heavy atom. The molecule has 7 nitrogen and oxygen atoms in total. The maximum atomic E-state index is 12.9. The number of carboxylic acid groups (broad SMARTS) is 1. The summed E-state index contributed by atoms with van der Waals surface area (Å²) < 4.78 is 5.51. The third-order valence-corrected chi connectivity index (χ3v) is 7.02. The van der Waals surface area contributed by atoms with Gasteiger partial charge in [0.05, 0.1) is 0 Å². The molecule has 1 heterocycles. The number of carbonyl (C=O) groups excluding carboxylic acids is 1. The Balaban J connectivity index is 2.07. The van der Waals surface area contributed by atoms with Gasteiger partial charge in [-0.2, -0.15) is 0 Å². The molecule has 2 N–H and O–H groups in total. The third kappa shape index (κ3) is 6.33. The molecular weight excluding hydrogens is 454 g/mol. The Bertz CT molecular complexity index is 1040. The molecule has 194 valence electrons. The predicted molar refractivity (Wildman–Crippen MR) is 143 cm³/mol.